The van der Waals surface area contributed by atoms with Crippen LogP contribution in [0, 0.1) is 0 Å². The Morgan fingerprint density at radius 2 is 1.71 bits per heavy atom. The number of hydrogen-bond acceptors (Lipinski definition) is 5. The van der Waals surface area contributed by atoms with E-state index >= 15 is 0 Å². The van der Waals surface area contributed by atoms with Gasteiger partial charge in [-0.05, 0) is 53.9 Å². The van der Waals surface area contributed by atoms with E-state index in [1.54, 1.807) is 24.4 Å². The number of nitrogens with zero attached hydrogens (tertiary/aromatic N) is 1. The molecule has 2 aromatic carbocycles. The van der Waals surface area contributed by atoms with E-state index in [-0.39, 0.29) is 12.7 Å². The Hall–Kier alpha value is -3.54. The molecule has 0 fully saturated rings. The SMILES string of the molecule is CC(C)c1ccc(Nc2ccc(NC(=O)c3ccc4c(c3)OCO4)cn2)cc1. The predicted molar refractivity (Wildman–Crippen MR) is 109 cm³/mol. The van der Waals surface area contributed by atoms with Gasteiger partial charge >= 0.3 is 0 Å². The number of pyridine rings is 1. The summed E-state index contributed by atoms with van der Waals surface area (Å²) in [6, 6.07) is 17.0. The average Bonchev–Trinajstić information content (AvgIpc) is 3.17. The maximum atomic E-state index is 12.4. The monoisotopic (exact) mass is 375 g/mol. The normalized spacial score (nSPS) is 12.1. The highest BCUT2D eigenvalue weighted by Crippen LogP contribution is 2.32. The maximum absolute atomic E-state index is 12.4. The number of carbonyl (C=O) groups excluding carboxylic acids is 1. The molecule has 0 aliphatic carbocycles. The Balaban J connectivity index is 1.39. The van der Waals surface area contributed by atoms with Crippen molar-refractivity contribution < 1.29 is 14.3 Å². The van der Waals surface area contributed by atoms with E-state index in [9.17, 15) is 4.79 Å². The highest BCUT2D eigenvalue weighted by Gasteiger charge is 2.16. The van der Waals surface area contributed by atoms with E-state index in [0.29, 0.717) is 34.5 Å². The zero-order valence-electron chi connectivity index (χ0n) is 15.7. The van der Waals surface area contributed by atoms with Crippen LogP contribution in [0.3, 0.4) is 0 Å². The van der Waals surface area contributed by atoms with Crippen molar-refractivity contribution in [2.24, 2.45) is 0 Å². The second-order valence-corrected chi connectivity index (χ2v) is 6.86. The number of rotatable bonds is 5. The summed E-state index contributed by atoms with van der Waals surface area (Å²) in [5.41, 5.74) is 3.37. The second-order valence-electron chi connectivity index (χ2n) is 6.86. The van der Waals surface area contributed by atoms with Crippen LogP contribution in [-0.4, -0.2) is 17.7 Å². The average molecular weight is 375 g/mol. The van der Waals surface area contributed by atoms with Gasteiger partial charge in [0.05, 0.1) is 11.9 Å². The first-order valence-electron chi connectivity index (χ1n) is 9.12. The van der Waals surface area contributed by atoms with Crippen LogP contribution in [-0.2, 0) is 0 Å². The van der Waals surface area contributed by atoms with Gasteiger partial charge in [-0.2, -0.15) is 0 Å². The molecule has 2 N–H and O–H groups in total. The Bertz CT molecular complexity index is 983. The number of ether oxygens (including phenoxy) is 2. The highest BCUT2D eigenvalue weighted by molar-refractivity contribution is 6.04. The number of amides is 1. The van der Waals surface area contributed by atoms with Crippen LogP contribution in [0.2, 0.25) is 0 Å². The lowest BCUT2D eigenvalue weighted by Crippen LogP contribution is -2.12. The third-order valence-corrected chi connectivity index (χ3v) is 4.51. The van der Waals surface area contributed by atoms with Crippen molar-refractivity contribution in [3.63, 3.8) is 0 Å². The molecule has 2 heterocycles. The highest BCUT2D eigenvalue weighted by atomic mass is 16.7. The third kappa shape index (κ3) is 3.91. The maximum Gasteiger partial charge on any atom is 0.255 e. The lowest BCUT2D eigenvalue weighted by molar-refractivity contribution is 0.102. The molecule has 142 valence electrons. The fraction of sp³-hybridized carbons (Fsp3) is 0.182. The molecular weight excluding hydrogens is 354 g/mol. The first-order valence-corrected chi connectivity index (χ1v) is 9.12. The van der Waals surface area contributed by atoms with Crippen LogP contribution in [0.5, 0.6) is 11.5 Å². The van der Waals surface area contributed by atoms with Gasteiger partial charge in [-0.1, -0.05) is 26.0 Å². The summed E-state index contributed by atoms with van der Waals surface area (Å²) < 4.78 is 10.6. The zero-order valence-corrected chi connectivity index (χ0v) is 15.7. The largest absolute Gasteiger partial charge is 0.454 e. The van der Waals surface area contributed by atoms with Gasteiger partial charge in [0.15, 0.2) is 11.5 Å². The molecule has 0 bridgehead atoms. The van der Waals surface area contributed by atoms with E-state index < -0.39 is 0 Å². The van der Waals surface area contributed by atoms with Gasteiger partial charge in [0.1, 0.15) is 5.82 Å². The Labute approximate surface area is 163 Å². The second kappa shape index (κ2) is 7.60. The molecule has 28 heavy (non-hydrogen) atoms. The fourth-order valence-electron chi connectivity index (χ4n) is 2.88. The summed E-state index contributed by atoms with van der Waals surface area (Å²) >= 11 is 0. The minimum atomic E-state index is -0.231. The van der Waals surface area contributed by atoms with E-state index in [4.69, 9.17) is 9.47 Å². The minimum Gasteiger partial charge on any atom is -0.454 e. The third-order valence-electron chi connectivity index (χ3n) is 4.51. The molecule has 1 amide bonds. The smallest absolute Gasteiger partial charge is 0.255 e. The molecule has 0 spiro atoms. The number of fused-ring (bicyclic) bond motifs is 1. The summed E-state index contributed by atoms with van der Waals surface area (Å²) in [7, 11) is 0. The van der Waals surface area contributed by atoms with Gasteiger partial charge in [-0.3, -0.25) is 4.79 Å². The summed E-state index contributed by atoms with van der Waals surface area (Å²) in [6.45, 7) is 4.51. The molecule has 0 atom stereocenters. The van der Waals surface area contributed by atoms with Gasteiger partial charge in [0, 0.05) is 11.3 Å². The fourth-order valence-corrected chi connectivity index (χ4v) is 2.88. The number of anilines is 3. The summed E-state index contributed by atoms with van der Waals surface area (Å²) in [5.74, 6) is 2.20. The van der Waals surface area contributed by atoms with Crippen LogP contribution in [0.25, 0.3) is 0 Å². The van der Waals surface area contributed by atoms with Crippen molar-refractivity contribution in [3.05, 3.63) is 71.9 Å². The number of aromatic nitrogens is 1. The van der Waals surface area contributed by atoms with Crippen LogP contribution < -0.4 is 20.1 Å². The van der Waals surface area contributed by atoms with Crippen molar-refractivity contribution in [3.8, 4) is 11.5 Å². The molecule has 0 unspecified atom stereocenters. The number of nitrogens with one attached hydrogen (secondary N) is 2. The topological polar surface area (TPSA) is 72.5 Å². The molecule has 6 heteroatoms. The zero-order chi connectivity index (χ0) is 19.5. The van der Waals surface area contributed by atoms with E-state index in [2.05, 4.69) is 41.6 Å². The van der Waals surface area contributed by atoms with Crippen molar-refractivity contribution in [2.75, 3.05) is 17.4 Å². The van der Waals surface area contributed by atoms with Crippen molar-refractivity contribution in [2.45, 2.75) is 19.8 Å². The van der Waals surface area contributed by atoms with Crippen molar-refractivity contribution in [1.29, 1.82) is 0 Å². The molecule has 1 aromatic heterocycles. The molecule has 6 nitrogen and oxygen atoms in total. The van der Waals surface area contributed by atoms with Crippen molar-refractivity contribution in [1.82, 2.24) is 4.98 Å². The minimum absolute atomic E-state index is 0.180. The molecule has 3 aromatic rings. The molecule has 1 aliphatic heterocycles. The number of benzene rings is 2. The van der Waals surface area contributed by atoms with Gasteiger partial charge in [0.2, 0.25) is 6.79 Å². The van der Waals surface area contributed by atoms with Crippen LogP contribution in [0.4, 0.5) is 17.2 Å². The molecule has 4 rings (SSSR count). The molecule has 1 aliphatic rings. The van der Waals surface area contributed by atoms with Gasteiger partial charge in [0.25, 0.3) is 5.91 Å². The molecular formula is C22H21N3O3. The predicted octanol–water partition coefficient (Wildman–Crippen LogP) is 4.93. The van der Waals surface area contributed by atoms with Crippen molar-refractivity contribution >= 4 is 23.1 Å². The van der Waals surface area contributed by atoms with Gasteiger partial charge < -0.3 is 20.1 Å². The van der Waals surface area contributed by atoms with E-state index in [0.717, 1.165) is 5.69 Å². The van der Waals surface area contributed by atoms with E-state index in [1.165, 1.54) is 5.56 Å². The number of carbonyl (C=O) groups is 1. The van der Waals surface area contributed by atoms with Gasteiger partial charge in [-0.25, -0.2) is 4.98 Å². The summed E-state index contributed by atoms with van der Waals surface area (Å²) in [6.07, 6.45) is 1.62. The Morgan fingerprint density at radius 1 is 0.964 bits per heavy atom. The molecule has 0 saturated heterocycles. The van der Waals surface area contributed by atoms with Crippen LogP contribution in [0.15, 0.2) is 60.8 Å². The van der Waals surface area contributed by atoms with Crippen LogP contribution >= 0.6 is 0 Å². The first-order chi connectivity index (χ1) is 13.6. The van der Waals surface area contributed by atoms with Gasteiger partial charge in [-0.15, -0.1) is 0 Å². The first kappa shape index (κ1) is 17.9. The number of hydrogen-bond donors (Lipinski definition) is 2. The molecule has 0 radical (unpaired) electrons. The lowest BCUT2D eigenvalue weighted by atomic mass is 10.0. The Kier molecular flexibility index (Phi) is 4.85. The standard InChI is InChI=1S/C22H21N3O3/c1-14(2)15-3-6-17(7-4-15)24-21-10-8-18(12-23-21)25-22(26)16-5-9-19-20(11-16)28-13-27-19/h3-12,14H,13H2,1-2H3,(H,23,24)(H,25,26). The Morgan fingerprint density at radius 3 is 2.43 bits per heavy atom. The van der Waals surface area contributed by atoms with Crippen LogP contribution in [0.1, 0.15) is 35.7 Å². The lowest BCUT2D eigenvalue weighted by Gasteiger charge is -2.10. The quantitative estimate of drug-likeness (QED) is 0.661. The molecule has 0 saturated carbocycles. The summed E-state index contributed by atoms with van der Waals surface area (Å²) in [4.78, 5) is 16.8. The summed E-state index contributed by atoms with van der Waals surface area (Å²) in [5, 5.41) is 6.09. The van der Waals surface area contributed by atoms with E-state index in [1.807, 2.05) is 24.3 Å².